The molecule has 4 unspecified atom stereocenters. The smallest absolute Gasteiger partial charge is 0.273 e. The van der Waals surface area contributed by atoms with Gasteiger partial charge in [0.05, 0.1) is 12.2 Å². The quantitative estimate of drug-likeness (QED) is 0.0762. The molecule has 52 heavy (non-hydrogen) atoms. The van der Waals surface area contributed by atoms with E-state index in [9.17, 15) is 24.9 Å². The molecule has 292 valence electrons. The van der Waals surface area contributed by atoms with Crippen molar-refractivity contribution in [3.8, 4) is 0 Å². The van der Waals surface area contributed by atoms with E-state index < -0.39 is 24.2 Å². The summed E-state index contributed by atoms with van der Waals surface area (Å²) in [6.07, 6.45) is 3.20. The van der Waals surface area contributed by atoms with Gasteiger partial charge < -0.3 is 52.3 Å². The van der Waals surface area contributed by atoms with E-state index in [2.05, 4.69) is 46.6 Å². The van der Waals surface area contributed by atoms with Crippen LogP contribution in [0.4, 0.5) is 11.6 Å². The first-order chi connectivity index (χ1) is 24.9. The van der Waals surface area contributed by atoms with Gasteiger partial charge in [0.15, 0.2) is 22.5 Å². The molecule has 1 fully saturated rings. The van der Waals surface area contributed by atoms with Crippen LogP contribution in [0.1, 0.15) is 79.9 Å². The summed E-state index contributed by atoms with van der Waals surface area (Å²) in [5.41, 5.74) is 13.9. The van der Waals surface area contributed by atoms with Gasteiger partial charge in [-0.15, -0.1) is 0 Å². The number of likely N-dealkylation sites (tertiary alicyclic amines) is 1. The first-order valence-electron chi connectivity index (χ1n) is 18.7. The molecule has 0 radical (unpaired) electrons. The summed E-state index contributed by atoms with van der Waals surface area (Å²) < 4.78 is 0. The number of nitrogens with two attached hydrogens (primary N) is 2. The maximum Gasteiger partial charge on any atom is 0.273 e. The lowest BCUT2D eigenvalue weighted by atomic mass is 9.94. The molecule has 2 aromatic rings. The average molecular weight is 749 g/mol. The van der Waals surface area contributed by atoms with E-state index in [0.29, 0.717) is 51.6 Å². The monoisotopic (exact) mass is 748 g/mol. The van der Waals surface area contributed by atoms with Crippen LogP contribution < -0.4 is 22.1 Å². The van der Waals surface area contributed by atoms with Crippen LogP contribution in [0.2, 0.25) is 5.15 Å². The third-order valence-corrected chi connectivity index (χ3v) is 10.2. The fourth-order valence-electron chi connectivity index (χ4n) is 6.57. The molecule has 0 saturated carbocycles. The Kier molecular flexibility index (Phi) is 19.0. The number of aliphatic hydroxyl groups excluding tert-OH is 4. The van der Waals surface area contributed by atoms with E-state index in [1.807, 2.05) is 21.9 Å². The molecule has 1 aliphatic heterocycles. The summed E-state index contributed by atoms with van der Waals surface area (Å²) in [5.74, 6) is -0.0309. The highest BCUT2D eigenvalue weighted by molar-refractivity contribution is 6.31. The van der Waals surface area contributed by atoms with Crippen LogP contribution in [-0.2, 0) is 11.2 Å². The molecule has 15 heteroatoms. The Morgan fingerprint density at radius 3 is 2.44 bits per heavy atom. The fraction of sp³-hybridized carbons (Fsp3) is 0.676. The number of aromatic nitrogens is 2. The zero-order valence-corrected chi connectivity index (χ0v) is 31.6. The average Bonchev–Trinajstić information content (AvgIpc) is 3.13. The Morgan fingerprint density at radius 1 is 1.02 bits per heavy atom. The van der Waals surface area contributed by atoms with Gasteiger partial charge in [0.25, 0.3) is 5.91 Å². The van der Waals surface area contributed by atoms with Gasteiger partial charge in [-0.1, -0.05) is 62.1 Å². The van der Waals surface area contributed by atoms with Gasteiger partial charge in [-0.2, -0.15) is 0 Å². The van der Waals surface area contributed by atoms with E-state index in [4.69, 9.17) is 28.2 Å². The number of amides is 2. The highest BCUT2D eigenvalue weighted by Crippen LogP contribution is 2.20. The van der Waals surface area contributed by atoms with Crippen molar-refractivity contribution in [1.29, 1.82) is 0 Å². The first kappa shape index (κ1) is 43.3. The highest BCUT2D eigenvalue weighted by Gasteiger charge is 2.28. The molecule has 10 N–H and O–H groups in total. The number of halogens is 1. The molecule has 1 aromatic carbocycles. The number of carbonyl (C=O) groups excluding carboxylic acids is 2. The lowest BCUT2D eigenvalue weighted by Crippen LogP contribution is -2.46. The van der Waals surface area contributed by atoms with Gasteiger partial charge in [-0.05, 0) is 81.6 Å². The predicted octanol–water partition coefficient (Wildman–Crippen LogP) is 1.76. The number of hydrogen-bond acceptors (Lipinski definition) is 12. The summed E-state index contributed by atoms with van der Waals surface area (Å²) in [6.45, 7) is 8.40. The number of anilines is 2. The number of hydrogen-bond donors (Lipinski definition) is 8. The van der Waals surface area contributed by atoms with Gasteiger partial charge in [-0.25, -0.2) is 9.97 Å². The number of nitrogens with zero attached hydrogens (tertiary/aromatic N) is 4. The van der Waals surface area contributed by atoms with Crippen LogP contribution in [0.15, 0.2) is 24.3 Å². The van der Waals surface area contributed by atoms with E-state index in [0.717, 1.165) is 51.5 Å². The van der Waals surface area contributed by atoms with E-state index >= 15 is 0 Å². The third kappa shape index (κ3) is 14.4. The molecule has 1 aliphatic rings. The molecule has 1 saturated heterocycles. The molecule has 1 aromatic heterocycles. The molecule has 2 heterocycles. The van der Waals surface area contributed by atoms with Crippen molar-refractivity contribution in [3.05, 3.63) is 46.2 Å². The molecular weight excluding hydrogens is 688 g/mol. The number of nitrogen functional groups attached to an aromatic ring is 2. The van der Waals surface area contributed by atoms with Crippen molar-refractivity contribution in [1.82, 2.24) is 30.4 Å². The molecule has 0 bridgehead atoms. The minimum absolute atomic E-state index is 0.0157. The van der Waals surface area contributed by atoms with Gasteiger partial charge in [-0.3, -0.25) is 9.59 Å². The lowest BCUT2D eigenvalue weighted by molar-refractivity contribution is -0.133. The summed E-state index contributed by atoms with van der Waals surface area (Å²) in [5, 5.41) is 46.5. The minimum Gasteiger partial charge on any atom is -0.396 e. The lowest BCUT2D eigenvalue weighted by Gasteiger charge is -2.33. The van der Waals surface area contributed by atoms with Crippen molar-refractivity contribution in [2.75, 3.05) is 70.4 Å². The van der Waals surface area contributed by atoms with Gasteiger partial charge in [0, 0.05) is 45.8 Å². The summed E-state index contributed by atoms with van der Waals surface area (Å²) >= 11 is 5.99. The highest BCUT2D eigenvalue weighted by atomic mass is 35.5. The topological polar surface area (TPSA) is 223 Å². The molecule has 2 amide bonds. The van der Waals surface area contributed by atoms with E-state index in [1.165, 1.54) is 11.1 Å². The maximum absolute atomic E-state index is 13.2. The molecule has 0 spiro atoms. The standard InChI is InChI=1S/C37H61ClN8O6/c1-3-4-5-8-15-45(24-30(49)33(51)29(48)14-19-47)16-13-31(50)46-17-11-26(12-18-46)21-41-22-27(20-28-10-7-6-9-25(28)2)23-42-37(52)32-35(39)44-36(40)34(38)43-32/h6-7,9-10,26-27,29-30,33,41,47-49,51H,3-5,8,11-24H2,1-2H3,(H,42,52)(H4,39,40,44). The molecule has 0 aliphatic carbocycles. The van der Waals surface area contributed by atoms with Crippen LogP contribution >= 0.6 is 11.6 Å². The Hall–Kier alpha value is -3.11. The third-order valence-electron chi connectivity index (χ3n) is 9.90. The predicted molar refractivity (Wildman–Crippen MR) is 204 cm³/mol. The molecule has 14 nitrogen and oxygen atoms in total. The minimum atomic E-state index is -1.37. The van der Waals surface area contributed by atoms with Crippen LogP contribution in [-0.4, -0.2) is 129 Å². The zero-order chi connectivity index (χ0) is 38.0. The van der Waals surface area contributed by atoms with Crippen molar-refractivity contribution in [3.63, 3.8) is 0 Å². The molecular formula is C37H61ClN8O6. The Bertz CT molecular complexity index is 1380. The number of benzene rings is 1. The number of nitrogens with one attached hydrogen (secondary N) is 2. The summed E-state index contributed by atoms with van der Waals surface area (Å²) in [4.78, 5) is 38.0. The van der Waals surface area contributed by atoms with Crippen LogP contribution in [0.25, 0.3) is 0 Å². The van der Waals surface area contributed by atoms with Crippen molar-refractivity contribution >= 4 is 35.1 Å². The number of aryl methyl sites for hydroxylation is 1. The number of unbranched alkanes of at least 4 members (excludes halogenated alkanes) is 3. The van der Waals surface area contributed by atoms with Gasteiger partial charge in [0.2, 0.25) is 5.91 Å². The van der Waals surface area contributed by atoms with Crippen LogP contribution in [0, 0.1) is 18.8 Å². The number of piperidine rings is 1. The summed E-state index contributed by atoms with van der Waals surface area (Å²) in [6, 6.07) is 8.19. The van der Waals surface area contributed by atoms with Crippen molar-refractivity contribution < 1.29 is 30.0 Å². The Morgan fingerprint density at radius 2 is 1.75 bits per heavy atom. The molecule has 4 atom stereocenters. The summed E-state index contributed by atoms with van der Waals surface area (Å²) in [7, 11) is 0. The van der Waals surface area contributed by atoms with Crippen LogP contribution in [0.5, 0.6) is 0 Å². The van der Waals surface area contributed by atoms with E-state index in [-0.39, 0.29) is 53.9 Å². The number of rotatable bonds is 23. The van der Waals surface area contributed by atoms with Crippen molar-refractivity contribution in [2.45, 2.75) is 89.9 Å². The van der Waals surface area contributed by atoms with Crippen LogP contribution in [0.3, 0.4) is 0 Å². The van der Waals surface area contributed by atoms with Gasteiger partial charge in [0.1, 0.15) is 6.10 Å². The Labute approximate surface area is 313 Å². The van der Waals surface area contributed by atoms with Gasteiger partial charge >= 0.3 is 0 Å². The van der Waals surface area contributed by atoms with Crippen molar-refractivity contribution in [2.24, 2.45) is 11.8 Å². The SMILES string of the molecule is CCCCCCN(CCC(=O)N1CCC(CNCC(CNC(=O)c2nc(Cl)c(N)nc2N)Cc2ccccc2C)CC1)CC(O)C(O)C(O)CCO. The van der Waals surface area contributed by atoms with E-state index in [1.54, 1.807) is 0 Å². The molecule has 3 rings (SSSR count). The number of carbonyl (C=O) groups is 2. The zero-order valence-electron chi connectivity index (χ0n) is 30.9. The Balaban J connectivity index is 1.48. The normalized spacial score (nSPS) is 16.1. The second kappa shape index (κ2) is 22.8. The second-order valence-corrected chi connectivity index (χ2v) is 14.4. The maximum atomic E-state index is 13.2. The fourth-order valence-corrected chi connectivity index (χ4v) is 6.70. The second-order valence-electron chi connectivity index (χ2n) is 14.1. The largest absolute Gasteiger partial charge is 0.396 e. The first-order valence-corrected chi connectivity index (χ1v) is 19.1. The number of aliphatic hydroxyl groups is 4.